The molecule has 0 heterocycles. The van der Waals surface area contributed by atoms with Crippen molar-refractivity contribution in [2.24, 2.45) is 0 Å². The average molecular weight is 310 g/mol. The summed E-state index contributed by atoms with van der Waals surface area (Å²) < 4.78 is 0.919. The highest BCUT2D eigenvalue weighted by molar-refractivity contribution is 9.10. The van der Waals surface area contributed by atoms with E-state index in [0.29, 0.717) is 0 Å². The first-order valence-corrected chi connectivity index (χ1v) is 6.02. The van der Waals surface area contributed by atoms with Crippen LogP contribution in [0.5, 0.6) is 0 Å². The second-order valence-corrected chi connectivity index (χ2v) is 4.59. The summed E-state index contributed by atoms with van der Waals surface area (Å²) in [6.07, 6.45) is 5.14. The van der Waals surface area contributed by atoms with Crippen molar-refractivity contribution in [2.75, 3.05) is 0 Å². The van der Waals surface area contributed by atoms with Gasteiger partial charge in [0.05, 0.1) is 6.42 Å². The third-order valence-corrected chi connectivity index (χ3v) is 2.76. The lowest BCUT2D eigenvalue weighted by atomic mass is 10.1. The normalized spacial score (nSPS) is 11.3. The highest BCUT2D eigenvalue weighted by Crippen LogP contribution is 2.10. The predicted molar refractivity (Wildman–Crippen MR) is 70.9 cm³/mol. The fourth-order valence-corrected chi connectivity index (χ4v) is 1.62. The molecule has 0 fully saturated rings. The van der Waals surface area contributed by atoms with Crippen LogP contribution < -0.4 is 5.32 Å². The summed E-state index contributed by atoms with van der Waals surface area (Å²) in [6, 6.07) is 6.19. The Morgan fingerprint density at radius 2 is 2.00 bits per heavy atom. The number of carbonyl (C=O) groups excluding carboxylic acids is 1. The minimum atomic E-state index is -1.13. The van der Waals surface area contributed by atoms with Crippen molar-refractivity contribution in [2.45, 2.75) is 18.9 Å². The molecule has 0 aliphatic carbocycles. The maximum Gasteiger partial charge on any atom is 0.327 e. The molecule has 18 heavy (non-hydrogen) atoms. The van der Waals surface area contributed by atoms with Crippen molar-refractivity contribution < 1.29 is 14.7 Å². The van der Waals surface area contributed by atoms with Gasteiger partial charge >= 0.3 is 5.97 Å². The number of aliphatic carboxylic acids is 1. The number of nitrogens with one attached hydrogen (secondary N) is 1. The van der Waals surface area contributed by atoms with Crippen molar-refractivity contribution in [3.05, 3.63) is 34.3 Å². The van der Waals surface area contributed by atoms with Crippen molar-refractivity contribution >= 4 is 27.8 Å². The van der Waals surface area contributed by atoms with E-state index in [9.17, 15) is 9.59 Å². The number of hydrogen-bond acceptors (Lipinski definition) is 2. The Balaban J connectivity index is 2.58. The minimum absolute atomic E-state index is 0.0264. The third kappa shape index (κ3) is 4.60. The zero-order chi connectivity index (χ0) is 13.5. The zero-order valence-corrected chi connectivity index (χ0v) is 11.1. The summed E-state index contributed by atoms with van der Waals surface area (Å²) in [5.74, 6) is 0.735. The van der Waals surface area contributed by atoms with E-state index in [1.54, 1.807) is 12.1 Å². The molecule has 0 aliphatic rings. The second-order valence-electron chi connectivity index (χ2n) is 3.67. The molecule has 2 N–H and O–H groups in total. The molecule has 1 aromatic rings. The molecular weight excluding hydrogens is 298 g/mol. The van der Waals surface area contributed by atoms with E-state index in [0.717, 1.165) is 10.0 Å². The molecule has 0 spiro atoms. The number of rotatable bonds is 5. The van der Waals surface area contributed by atoms with E-state index in [2.05, 4.69) is 27.2 Å². The Bertz CT molecular complexity index is 476. The van der Waals surface area contributed by atoms with Crippen molar-refractivity contribution in [1.82, 2.24) is 5.32 Å². The Morgan fingerprint density at radius 3 is 2.50 bits per heavy atom. The summed E-state index contributed by atoms with van der Waals surface area (Å²) in [5, 5.41) is 11.2. The highest BCUT2D eigenvalue weighted by Gasteiger charge is 2.18. The average Bonchev–Trinajstić information content (AvgIpc) is 2.31. The number of hydrogen-bond donors (Lipinski definition) is 2. The number of benzene rings is 1. The predicted octanol–water partition coefficient (Wildman–Crippen LogP) is 1.58. The minimum Gasteiger partial charge on any atom is -0.480 e. The van der Waals surface area contributed by atoms with Crippen molar-refractivity contribution in [3.8, 4) is 12.3 Å². The topological polar surface area (TPSA) is 66.4 Å². The van der Waals surface area contributed by atoms with Gasteiger partial charge in [0.2, 0.25) is 5.91 Å². The van der Waals surface area contributed by atoms with Crippen molar-refractivity contribution in [1.29, 1.82) is 0 Å². The first-order chi connectivity index (χ1) is 8.52. The van der Waals surface area contributed by atoms with Gasteiger partial charge in [0.25, 0.3) is 0 Å². The molecule has 0 radical (unpaired) electrons. The summed E-state index contributed by atoms with van der Waals surface area (Å²) in [6.45, 7) is 0. The molecule has 1 atom stereocenters. The molecule has 0 aromatic heterocycles. The Labute approximate surface area is 114 Å². The van der Waals surface area contributed by atoms with Crippen LogP contribution in [0, 0.1) is 12.3 Å². The van der Waals surface area contributed by atoms with Crippen LogP contribution in [0.15, 0.2) is 28.7 Å². The first-order valence-electron chi connectivity index (χ1n) is 5.23. The fourth-order valence-electron chi connectivity index (χ4n) is 1.35. The van der Waals surface area contributed by atoms with Gasteiger partial charge < -0.3 is 10.4 Å². The van der Waals surface area contributed by atoms with E-state index >= 15 is 0 Å². The van der Waals surface area contributed by atoms with Crippen LogP contribution in [0.25, 0.3) is 0 Å². The SMILES string of the molecule is C#CCC(NC(=O)Cc1ccc(Br)cc1)C(=O)O. The number of amides is 1. The van der Waals surface area contributed by atoms with Crippen LogP contribution in [0.1, 0.15) is 12.0 Å². The van der Waals surface area contributed by atoms with Crippen LogP contribution in [0.4, 0.5) is 0 Å². The number of carbonyl (C=O) groups is 2. The summed E-state index contributed by atoms with van der Waals surface area (Å²) in [7, 11) is 0. The van der Waals surface area contributed by atoms with Gasteiger partial charge in [0.1, 0.15) is 6.04 Å². The molecule has 94 valence electrons. The van der Waals surface area contributed by atoms with Crippen LogP contribution in [-0.2, 0) is 16.0 Å². The third-order valence-electron chi connectivity index (χ3n) is 2.23. The Kier molecular flexibility index (Phi) is 5.40. The van der Waals surface area contributed by atoms with Crippen LogP contribution >= 0.6 is 15.9 Å². The lowest BCUT2D eigenvalue weighted by Crippen LogP contribution is -2.41. The maximum absolute atomic E-state index is 11.6. The van der Waals surface area contributed by atoms with Crippen LogP contribution in [-0.4, -0.2) is 23.0 Å². The smallest absolute Gasteiger partial charge is 0.327 e. The highest BCUT2D eigenvalue weighted by atomic mass is 79.9. The molecule has 0 saturated carbocycles. The standard InChI is InChI=1S/C13H12BrNO3/c1-2-3-11(13(17)18)15-12(16)8-9-4-6-10(14)7-5-9/h1,4-7,11H,3,8H2,(H,15,16)(H,17,18). The molecule has 1 rings (SSSR count). The van der Waals surface area contributed by atoms with Gasteiger partial charge in [-0.3, -0.25) is 4.79 Å². The summed E-state index contributed by atoms with van der Waals surface area (Å²) in [5.41, 5.74) is 0.806. The fraction of sp³-hybridized carbons (Fsp3) is 0.231. The quantitative estimate of drug-likeness (QED) is 0.812. The lowest BCUT2D eigenvalue weighted by Gasteiger charge is -2.11. The number of terminal acetylenes is 1. The van der Waals surface area contributed by atoms with E-state index in [1.165, 1.54) is 0 Å². The molecule has 1 amide bonds. The molecule has 0 aliphatic heterocycles. The first kappa shape index (κ1) is 14.3. The van der Waals surface area contributed by atoms with E-state index in [1.807, 2.05) is 12.1 Å². The van der Waals surface area contributed by atoms with Gasteiger partial charge in [-0.05, 0) is 17.7 Å². The number of carboxylic acid groups (broad SMARTS) is 1. The summed E-state index contributed by atoms with van der Waals surface area (Å²) >= 11 is 3.29. The van der Waals surface area contributed by atoms with E-state index in [-0.39, 0.29) is 18.7 Å². The molecule has 1 aromatic carbocycles. The molecule has 5 heteroatoms. The molecule has 4 nitrogen and oxygen atoms in total. The molecular formula is C13H12BrNO3. The molecule has 0 bridgehead atoms. The lowest BCUT2D eigenvalue weighted by molar-refractivity contribution is -0.141. The number of carboxylic acids is 1. The molecule has 1 unspecified atom stereocenters. The van der Waals surface area contributed by atoms with Crippen LogP contribution in [0.3, 0.4) is 0 Å². The van der Waals surface area contributed by atoms with E-state index in [4.69, 9.17) is 11.5 Å². The van der Waals surface area contributed by atoms with Gasteiger partial charge in [-0.15, -0.1) is 12.3 Å². The second kappa shape index (κ2) is 6.82. The largest absolute Gasteiger partial charge is 0.480 e. The van der Waals surface area contributed by atoms with Gasteiger partial charge in [0.15, 0.2) is 0 Å². The summed E-state index contributed by atoms with van der Waals surface area (Å²) in [4.78, 5) is 22.4. The Hall–Kier alpha value is -1.80. The zero-order valence-electron chi connectivity index (χ0n) is 9.52. The van der Waals surface area contributed by atoms with Gasteiger partial charge in [-0.2, -0.15) is 0 Å². The van der Waals surface area contributed by atoms with Gasteiger partial charge in [-0.25, -0.2) is 4.79 Å². The van der Waals surface area contributed by atoms with Gasteiger partial charge in [-0.1, -0.05) is 28.1 Å². The number of halogens is 1. The van der Waals surface area contributed by atoms with Crippen molar-refractivity contribution in [3.63, 3.8) is 0 Å². The van der Waals surface area contributed by atoms with Gasteiger partial charge in [0, 0.05) is 10.9 Å². The maximum atomic E-state index is 11.6. The monoisotopic (exact) mass is 309 g/mol. The Morgan fingerprint density at radius 1 is 1.39 bits per heavy atom. The van der Waals surface area contributed by atoms with E-state index < -0.39 is 12.0 Å². The van der Waals surface area contributed by atoms with Crippen LogP contribution in [0.2, 0.25) is 0 Å². The molecule has 0 saturated heterocycles.